The van der Waals surface area contributed by atoms with E-state index in [1.54, 1.807) is 11.8 Å². The van der Waals surface area contributed by atoms with Crippen LogP contribution in [0.4, 0.5) is 4.79 Å². The number of carbonyl (C=O) groups is 1. The van der Waals surface area contributed by atoms with E-state index in [0.29, 0.717) is 31.4 Å². The van der Waals surface area contributed by atoms with Crippen LogP contribution in [-0.2, 0) is 11.2 Å². The van der Waals surface area contributed by atoms with Gasteiger partial charge in [0.05, 0.1) is 12.3 Å². The van der Waals surface area contributed by atoms with Crippen molar-refractivity contribution in [1.29, 1.82) is 0 Å². The van der Waals surface area contributed by atoms with Crippen LogP contribution in [-0.4, -0.2) is 45.4 Å². The molecule has 2 bridgehead atoms. The first-order chi connectivity index (χ1) is 14.0. The highest BCUT2D eigenvalue weighted by Gasteiger charge is 2.43. The van der Waals surface area contributed by atoms with Gasteiger partial charge in [0.1, 0.15) is 5.39 Å². The standard InChI is InChI=1S/C19H22N4O6/c1-3-10-7-14(24)28-17-15(10)16(25)20-18(21-17)29-22-11-8-12-5-6-13(9-11)23(12)19(26)27-4-2/h7,12-13H,3-6,8-9H2,1-2H3,(H,20,21,25). The van der Waals surface area contributed by atoms with Gasteiger partial charge in [-0.3, -0.25) is 9.78 Å². The highest BCUT2D eigenvalue weighted by atomic mass is 16.6. The van der Waals surface area contributed by atoms with Crippen molar-refractivity contribution < 1.29 is 18.8 Å². The molecule has 2 aromatic rings. The lowest BCUT2D eigenvalue weighted by atomic mass is 10.0. The number of aryl methyl sites for hydroxylation is 1. The first-order valence-corrected chi connectivity index (χ1v) is 9.75. The molecule has 2 unspecified atom stereocenters. The van der Waals surface area contributed by atoms with E-state index in [0.717, 1.165) is 18.6 Å². The van der Waals surface area contributed by atoms with Gasteiger partial charge in [-0.05, 0) is 31.7 Å². The molecule has 0 aromatic carbocycles. The summed E-state index contributed by atoms with van der Waals surface area (Å²) in [7, 11) is 0. The van der Waals surface area contributed by atoms with Crippen LogP contribution < -0.4 is 16.0 Å². The van der Waals surface area contributed by atoms with Crippen LogP contribution in [0.1, 0.15) is 45.1 Å². The minimum atomic E-state index is -0.576. The summed E-state index contributed by atoms with van der Waals surface area (Å²) in [5, 5.41) is 4.36. The average molecular weight is 402 g/mol. The van der Waals surface area contributed by atoms with Crippen molar-refractivity contribution in [2.24, 2.45) is 5.16 Å². The number of oxime groups is 1. The monoisotopic (exact) mass is 402 g/mol. The Morgan fingerprint density at radius 3 is 2.69 bits per heavy atom. The first kappa shape index (κ1) is 19.2. The largest absolute Gasteiger partial charge is 0.450 e. The van der Waals surface area contributed by atoms with Crippen LogP contribution in [0.15, 0.2) is 25.2 Å². The van der Waals surface area contributed by atoms with Gasteiger partial charge in [-0.1, -0.05) is 12.1 Å². The van der Waals surface area contributed by atoms with Crippen LogP contribution in [0.3, 0.4) is 0 Å². The second-order valence-corrected chi connectivity index (χ2v) is 7.14. The summed E-state index contributed by atoms with van der Waals surface area (Å²) >= 11 is 0. The van der Waals surface area contributed by atoms with Gasteiger partial charge in [-0.25, -0.2) is 9.59 Å². The Balaban J connectivity index is 1.55. The lowest BCUT2D eigenvalue weighted by molar-refractivity contribution is 0.0856. The molecule has 0 saturated carbocycles. The fourth-order valence-corrected chi connectivity index (χ4v) is 4.12. The van der Waals surface area contributed by atoms with E-state index in [9.17, 15) is 14.4 Å². The average Bonchev–Trinajstić information content (AvgIpc) is 2.96. The minimum absolute atomic E-state index is 0.0314. The summed E-state index contributed by atoms with van der Waals surface area (Å²) in [6.45, 7) is 3.96. The number of piperidine rings is 1. The molecule has 2 atom stereocenters. The van der Waals surface area contributed by atoms with Crippen molar-refractivity contribution in [3.8, 4) is 6.01 Å². The third-order valence-electron chi connectivity index (χ3n) is 5.36. The maximum Gasteiger partial charge on any atom is 0.410 e. The Bertz CT molecular complexity index is 1070. The molecule has 10 nitrogen and oxygen atoms in total. The summed E-state index contributed by atoms with van der Waals surface area (Å²) in [6.07, 6.45) is 3.12. The number of fused-ring (bicyclic) bond motifs is 3. The van der Waals surface area contributed by atoms with Crippen molar-refractivity contribution in [3.63, 3.8) is 0 Å². The highest BCUT2D eigenvalue weighted by molar-refractivity contribution is 5.88. The minimum Gasteiger partial charge on any atom is -0.450 e. The highest BCUT2D eigenvalue weighted by Crippen LogP contribution is 2.35. The normalized spacial score (nSPS) is 20.8. The maximum atomic E-state index is 12.4. The summed E-state index contributed by atoms with van der Waals surface area (Å²) in [4.78, 5) is 49.9. The molecule has 2 aliphatic rings. The molecule has 29 heavy (non-hydrogen) atoms. The zero-order chi connectivity index (χ0) is 20.5. The Hall–Kier alpha value is -3.17. The molecule has 0 radical (unpaired) electrons. The molecule has 0 spiro atoms. The lowest BCUT2D eigenvalue weighted by Crippen LogP contribution is -2.47. The fourth-order valence-electron chi connectivity index (χ4n) is 4.12. The molecule has 2 aromatic heterocycles. The van der Waals surface area contributed by atoms with Crippen LogP contribution in [0, 0.1) is 0 Å². The number of carbonyl (C=O) groups excluding carboxylic acids is 1. The zero-order valence-electron chi connectivity index (χ0n) is 16.3. The van der Waals surface area contributed by atoms with Crippen LogP contribution in [0.25, 0.3) is 11.1 Å². The third kappa shape index (κ3) is 3.62. The van der Waals surface area contributed by atoms with Gasteiger partial charge in [-0.15, -0.1) is 0 Å². The van der Waals surface area contributed by atoms with Crippen LogP contribution in [0.5, 0.6) is 6.01 Å². The van der Waals surface area contributed by atoms with Gasteiger partial charge in [0.25, 0.3) is 5.56 Å². The number of ether oxygens (including phenoxy) is 1. The van der Waals surface area contributed by atoms with Crippen molar-refractivity contribution in [1.82, 2.24) is 14.9 Å². The fraction of sp³-hybridized carbons (Fsp3) is 0.526. The SMILES string of the molecule is CCOC(=O)N1C2CCC1CC(=NOc1nc3oc(=O)cc(CC)c3c(=O)[nH]1)C2. The number of aromatic amines is 1. The van der Waals surface area contributed by atoms with E-state index < -0.39 is 11.2 Å². The number of nitrogens with zero attached hydrogens (tertiary/aromatic N) is 3. The number of hydrogen-bond acceptors (Lipinski definition) is 8. The van der Waals surface area contributed by atoms with Gasteiger partial charge in [0.2, 0.25) is 5.71 Å². The predicted molar refractivity (Wildman–Crippen MR) is 103 cm³/mol. The molecule has 4 heterocycles. The Labute approximate surface area is 165 Å². The van der Waals surface area contributed by atoms with Gasteiger partial charge in [0, 0.05) is 31.0 Å². The summed E-state index contributed by atoms with van der Waals surface area (Å²) in [5.41, 5.74) is 0.233. The Kier molecular flexibility index (Phi) is 5.08. The molecule has 1 N–H and O–H groups in total. The molecule has 2 fully saturated rings. The number of hydrogen-bond donors (Lipinski definition) is 1. The molecule has 10 heteroatoms. The Morgan fingerprint density at radius 1 is 1.31 bits per heavy atom. The van der Waals surface area contributed by atoms with Crippen molar-refractivity contribution in [2.45, 2.75) is 58.0 Å². The quantitative estimate of drug-likeness (QED) is 0.774. The number of H-pyrrole nitrogens is 1. The van der Waals surface area contributed by atoms with Crippen molar-refractivity contribution in [3.05, 3.63) is 32.4 Å². The number of nitrogens with one attached hydrogen (secondary N) is 1. The van der Waals surface area contributed by atoms with E-state index in [1.165, 1.54) is 6.07 Å². The summed E-state index contributed by atoms with van der Waals surface area (Å²) < 4.78 is 10.2. The molecule has 2 aliphatic heterocycles. The second kappa shape index (κ2) is 7.69. The summed E-state index contributed by atoms with van der Waals surface area (Å²) in [6, 6.07) is 1.20. The molecule has 1 amide bonds. The van der Waals surface area contributed by atoms with Crippen LogP contribution >= 0.6 is 0 Å². The molecule has 2 saturated heterocycles. The molecule has 0 aliphatic carbocycles. The van der Waals surface area contributed by atoms with E-state index in [2.05, 4.69) is 15.1 Å². The summed E-state index contributed by atoms with van der Waals surface area (Å²) in [5.74, 6) is 0. The predicted octanol–water partition coefficient (Wildman–Crippen LogP) is 1.96. The van der Waals surface area contributed by atoms with Crippen molar-refractivity contribution >= 4 is 22.9 Å². The van der Waals surface area contributed by atoms with E-state index in [4.69, 9.17) is 14.0 Å². The lowest BCUT2D eigenvalue weighted by Gasteiger charge is -2.34. The second-order valence-electron chi connectivity index (χ2n) is 7.14. The smallest absolute Gasteiger partial charge is 0.410 e. The topological polar surface area (TPSA) is 127 Å². The maximum absolute atomic E-state index is 12.4. The van der Waals surface area contributed by atoms with Gasteiger partial charge in [0.15, 0.2) is 0 Å². The number of amides is 1. The van der Waals surface area contributed by atoms with Gasteiger partial charge < -0.3 is 18.9 Å². The number of aromatic nitrogens is 2. The zero-order valence-corrected chi connectivity index (χ0v) is 16.3. The molecule has 4 rings (SSSR count). The van der Waals surface area contributed by atoms with E-state index in [1.807, 2.05) is 6.92 Å². The molecular weight excluding hydrogens is 380 g/mol. The van der Waals surface area contributed by atoms with E-state index >= 15 is 0 Å². The Morgan fingerprint density at radius 2 is 2.03 bits per heavy atom. The first-order valence-electron chi connectivity index (χ1n) is 9.75. The van der Waals surface area contributed by atoms with Gasteiger partial charge >= 0.3 is 17.7 Å². The molecular formula is C19H22N4O6. The van der Waals surface area contributed by atoms with Crippen LogP contribution in [0.2, 0.25) is 0 Å². The number of rotatable bonds is 4. The molecule has 154 valence electrons. The van der Waals surface area contributed by atoms with Gasteiger partial charge in [-0.2, -0.15) is 4.98 Å². The van der Waals surface area contributed by atoms with Crippen molar-refractivity contribution in [2.75, 3.05) is 6.61 Å². The third-order valence-corrected chi connectivity index (χ3v) is 5.36. The van der Waals surface area contributed by atoms with E-state index in [-0.39, 0.29) is 35.3 Å².